The van der Waals surface area contributed by atoms with Crippen LogP contribution in [0.3, 0.4) is 0 Å². The Morgan fingerprint density at radius 1 is 0.846 bits per heavy atom. The summed E-state index contributed by atoms with van der Waals surface area (Å²) in [6, 6.07) is 0. The topological polar surface area (TPSA) is 74.2 Å². The van der Waals surface area contributed by atoms with Gasteiger partial charge in [0.05, 0.1) is 59.5 Å². The summed E-state index contributed by atoms with van der Waals surface area (Å²) in [6.45, 7) is 12.2. The molecule has 0 bridgehead atoms. The molecule has 6 heteroatoms. The number of hydrogen-bond donors (Lipinski definition) is 1. The average molecular weight is 379 g/mol. The molecule has 1 unspecified atom stereocenters. The molecule has 0 saturated heterocycles. The summed E-state index contributed by atoms with van der Waals surface area (Å²) >= 11 is 0. The van der Waals surface area contributed by atoms with Crippen molar-refractivity contribution in [2.24, 2.45) is 5.92 Å². The average Bonchev–Trinajstić information content (AvgIpc) is 2.63. The molecule has 26 heavy (non-hydrogen) atoms. The van der Waals surface area contributed by atoms with Gasteiger partial charge >= 0.3 is 0 Å². The summed E-state index contributed by atoms with van der Waals surface area (Å²) in [5, 5.41) is 8.44. The molecular weight excluding hydrogens is 336 g/mol. The van der Waals surface area contributed by atoms with Gasteiger partial charge in [-0.15, -0.1) is 0 Å². The SMILES string of the molecule is CC(=O)CCOCCOCCOCCOCCO.CCCCC(C)CC. The van der Waals surface area contributed by atoms with E-state index in [2.05, 4.69) is 20.8 Å². The van der Waals surface area contributed by atoms with Crippen LogP contribution < -0.4 is 0 Å². The quantitative estimate of drug-likeness (QED) is 0.369. The second-order valence-corrected chi connectivity index (χ2v) is 6.28. The summed E-state index contributed by atoms with van der Waals surface area (Å²) in [5.41, 5.74) is 0. The van der Waals surface area contributed by atoms with Crippen LogP contribution in [0.5, 0.6) is 0 Å². The molecule has 158 valence electrons. The van der Waals surface area contributed by atoms with Crippen LogP contribution in [0.2, 0.25) is 0 Å². The Morgan fingerprint density at radius 2 is 1.31 bits per heavy atom. The van der Waals surface area contributed by atoms with E-state index < -0.39 is 0 Å². The maximum atomic E-state index is 10.6. The first-order valence-electron chi connectivity index (χ1n) is 9.99. The van der Waals surface area contributed by atoms with Crippen LogP contribution in [0.15, 0.2) is 0 Å². The van der Waals surface area contributed by atoms with Gasteiger partial charge in [-0.1, -0.05) is 46.5 Å². The monoisotopic (exact) mass is 378 g/mol. The van der Waals surface area contributed by atoms with E-state index in [0.717, 1.165) is 5.92 Å². The van der Waals surface area contributed by atoms with E-state index in [4.69, 9.17) is 24.1 Å². The van der Waals surface area contributed by atoms with E-state index in [9.17, 15) is 4.79 Å². The molecule has 0 aromatic heterocycles. The molecule has 0 spiro atoms. The van der Waals surface area contributed by atoms with Crippen LogP contribution in [-0.2, 0) is 23.7 Å². The van der Waals surface area contributed by atoms with E-state index in [-0.39, 0.29) is 12.4 Å². The van der Waals surface area contributed by atoms with Crippen molar-refractivity contribution in [3.8, 4) is 0 Å². The molecule has 0 radical (unpaired) electrons. The van der Waals surface area contributed by atoms with Gasteiger partial charge in [0.2, 0.25) is 0 Å². The van der Waals surface area contributed by atoms with Gasteiger partial charge in [-0.05, 0) is 12.8 Å². The summed E-state index contributed by atoms with van der Waals surface area (Å²) in [6.07, 6.45) is 5.99. The number of Topliss-reactive ketones (excluding diaryl/α,β-unsaturated/α-hetero) is 1. The normalized spacial score (nSPS) is 11.7. The van der Waals surface area contributed by atoms with E-state index >= 15 is 0 Å². The number of unbranched alkanes of at least 4 members (excludes halogenated alkanes) is 1. The fourth-order valence-corrected chi connectivity index (χ4v) is 1.80. The molecule has 1 N–H and O–H groups in total. The Labute approximate surface area is 160 Å². The summed E-state index contributed by atoms with van der Waals surface area (Å²) < 4.78 is 20.7. The molecule has 1 atom stereocenters. The fraction of sp³-hybridized carbons (Fsp3) is 0.950. The third-order valence-electron chi connectivity index (χ3n) is 3.70. The Balaban J connectivity index is 0. The van der Waals surface area contributed by atoms with E-state index in [1.807, 2.05) is 0 Å². The van der Waals surface area contributed by atoms with Crippen LogP contribution in [0, 0.1) is 5.92 Å². The molecule has 0 amide bonds. The van der Waals surface area contributed by atoms with Gasteiger partial charge in [-0.25, -0.2) is 0 Å². The predicted molar refractivity (Wildman–Crippen MR) is 105 cm³/mol. The van der Waals surface area contributed by atoms with Crippen molar-refractivity contribution < 1.29 is 28.8 Å². The van der Waals surface area contributed by atoms with E-state index in [1.165, 1.54) is 25.7 Å². The van der Waals surface area contributed by atoms with Crippen molar-refractivity contribution in [1.29, 1.82) is 0 Å². The second-order valence-electron chi connectivity index (χ2n) is 6.28. The van der Waals surface area contributed by atoms with E-state index in [0.29, 0.717) is 59.3 Å². The maximum Gasteiger partial charge on any atom is 0.132 e. The first-order chi connectivity index (χ1) is 12.6. The van der Waals surface area contributed by atoms with Crippen LogP contribution >= 0.6 is 0 Å². The third kappa shape index (κ3) is 28.3. The zero-order chi connectivity index (χ0) is 19.9. The molecule has 0 aliphatic heterocycles. The fourth-order valence-electron chi connectivity index (χ4n) is 1.80. The lowest BCUT2D eigenvalue weighted by Crippen LogP contribution is -2.13. The molecular formula is C20H42O6. The van der Waals surface area contributed by atoms with Crippen molar-refractivity contribution >= 4 is 5.78 Å². The summed E-state index contributed by atoms with van der Waals surface area (Å²) in [4.78, 5) is 10.6. The molecule has 0 heterocycles. The molecule has 0 rings (SSSR count). The van der Waals surface area contributed by atoms with Crippen LogP contribution in [0.25, 0.3) is 0 Å². The zero-order valence-electron chi connectivity index (χ0n) is 17.5. The number of aliphatic hydroxyl groups excluding tert-OH is 1. The minimum atomic E-state index is 0.0345. The number of carbonyl (C=O) groups excluding carboxylic acids is 1. The molecule has 0 aromatic rings. The van der Waals surface area contributed by atoms with Gasteiger partial charge in [0.25, 0.3) is 0 Å². The lowest BCUT2D eigenvalue weighted by Gasteiger charge is -2.06. The van der Waals surface area contributed by atoms with Crippen molar-refractivity contribution in [2.75, 3.05) is 59.5 Å². The lowest BCUT2D eigenvalue weighted by molar-refractivity contribution is -0.118. The predicted octanol–water partition coefficient (Wildman–Crippen LogP) is 3.25. The molecule has 0 saturated carbocycles. The minimum absolute atomic E-state index is 0.0345. The van der Waals surface area contributed by atoms with Crippen molar-refractivity contribution in [2.45, 2.75) is 59.8 Å². The van der Waals surface area contributed by atoms with Crippen LogP contribution in [0.1, 0.15) is 59.8 Å². The second kappa shape index (κ2) is 24.5. The number of carbonyl (C=O) groups is 1. The summed E-state index contributed by atoms with van der Waals surface area (Å²) in [7, 11) is 0. The Hall–Kier alpha value is -0.530. The van der Waals surface area contributed by atoms with Gasteiger partial charge in [0.1, 0.15) is 5.78 Å². The highest BCUT2D eigenvalue weighted by Gasteiger charge is 1.95. The minimum Gasteiger partial charge on any atom is -0.394 e. The highest BCUT2D eigenvalue weighted by atomic mass is 16.6. The molecule has 0 aliphatic rings. The Kier molecular flexibility index (Phi) is 26.1. The Bertz CT molecular complexity index is 273. The van der Waals surface area contributed by atoms with Crippen molar-refractivity contribution in [3.63, 3.8) is 0 Å². The molecule has 6 nitrogen and oxygen atoms in total. The molecule has 0 aliphatic carbocycles. The van der Waals surface area contributed by atoms with Gasteiger partial charge in [0, 0.05) is 6.42 Å². The standard InChI is InChI=1S/C12H24O6.C8H18/c1-12(14)2-4-15-6-8-17-10-11-18-9-7-16-5-3-13;1-4-6-7-8(3)5-2/h13H,2-11H2,1H3;8H,4-7H2,1-3H3. The third-order valence-corrected chi connectivity index (χ3v) is 3.70. The van der Waals surface area contributed by atoms with Crippen LogP contribution in [-0.4, -0.2) is 70.4 Å². The zero-order valence-corrected chi connectivity index (χ0v) is 17.5. The first-order valence-corrected chi connectivity index (χ1v) is 9.99. The number of hydrogen-bond acceptors (Lipinski definition) is 6. The Morgan fingerprint density at radius 3 is 1.69 bits per heavy atom. The largest absolute Gasteiger partial charge is 0.394 e. The summed E-state index contributed by atoms with van der Waals surface area (Å²) in [5.74, 6) is 1.09. The van der Waals surface area contributed by atoms with Crippen LogP contribution in [0.4, 0.5) is 0 Å². The van der Waals surface area contributed by atoms with Crippen molar-refractivity contribution in [1.82, 2.24) is 0 Å². The number of ketones is 1. The van der Waals surface area contributed by atoms with Crippen molar-refractivity contribution in [3.05, 3.63) is 0 Å². The van der Waals surface area contributed by atoms with Gasteiger partial charge < -0.3 is 24.1 Å². The first kappa shape index (κ1) is 27.7. The number of rotatable bonds is 18. The number of ether oxygens (including phenoxy) is 4. The highest BCUT2D eigenvalue weighted by Crippen LogP contribution is 2.09. The molecule has 0 aromatic carbocycles. The lowest BCUT2D eigenvalue weighted by atomic mass is 10.0. The number of aliphatic hydroxyl groups is 1. The maximum absolute atomic E-state index is 10.6. The van der Waals surface area contributed by atoms with E-state index in [1.54, 1.807) is 6.92 Å². The van der Waals surface area contributed by atoms with Gasteiger partial charge in [-0.3, -0.25) is 4.79 Å². The van der Waals surface area contributed by atoms with Gasteiger partial charge in [-0.2, -0.15) is 0 Å². The molecule has 0 fully saturated rings. The van der Waals surface area contributed by atoms with Gasteiger partial charge in [0.15, 0.2) is 0 Å². The highest BCUT2D eigenvalue weighted by molar-refractivity contribution is 5.75. The smallest absolute Gasteiger partial charge is 0.132 e.